The molecule has 0 saturated carbocycles. The van der Waals surface area contributed by atoms with Crippen LogP contribution in [0.15, 0.2) is 58.0 Å². The first kappa shape index (κ1) is 27.5. The Hall–Kier alpha value is -3.04. The summed E-state index contributed by atoms with van der Waals surface area (Å²) in [5.41, 5.74) is 1.17. The second kappa shape index (κ2) is 12.3. The monoisotopic (exact) mass is 517 g/mol. The number of Topliss-reactive ketones (excluding diaryl/α,β-unsaturated/α-hetero) is 1. The fourth-order valence-corrected chi connectivity index (χ4v) is 5.60. The maximum absolute atomic E-state index is 13.0. The molecular formula is C27H35NO7S. The van der Waals surface area contributed by atoms with Gasteiger partial charge < -0.3 is 23.8 Å². The van der Waals surface area contributed by atoms with Crippen molar-refractivity contribution in [3.8, 4) is 17.2 Å². The third-order valence-corrected chi connectivity index (χ3v) is 7.81. The number of likely N-dealkylation sites (N-methyl/N-ethyl adjacent to an activating group) is 1. The van der Waals surface area contributed by atoms with Crippen molar-refractivity contribution in [3.63, 3.8) is 0 Å². The number of allylic oxidation sites excluding steroid dienone is 1. The zero-order chi connectivity index (χ0) is 26.3. The minimum atomic E-state index is -3.94. The molecule has 0 N–H and O–H groups in total. The number of ether oxygens (including phenoxy) is 4. The van der Waals surface area contributed by atoms with Gasteiger partial charge in [-0.25, -0.2) is 8.42 Å². The molecular weight excluding hydrogens is 482 g/mol. The fourth-order valence-electron chi connectivity index (χ4n) is 3.95. The summed E-state index contributed by atoms with van der Waals surface area (Å²) in [5.74, 6) is 1.56. The Morgan fingerprint density at radius 2 is 1.69 bits per heavy atom. The van der Waals surface area contributed by atoms with Crippen LogP contribution in [0.2, 0.25) is 0 Å². The van der Waals surface area contributed by atoms with Crippen LogP contribution in [-0.4, -0.2) is 66.7 Å². The quantitative estimate of drug-likeness (QED) is 0.370. The van der Waals surface area contributed by atoms with E-state index in [-0.39, 0.29) is 28.1 Å². The molecule has 36 heavy (non-hydrogen) atoms. The van der Waals surface area contributed by atoms with E-state index in [4.69, 9.17) is 18.9 Å². The molecule has 0 amide bonds. The van der Waals surface area contributed by atoms with E-state index in [0.717, 1.165) is 37.4 Å². The summed E-state index contributed by atoms with van der Waals surface area (Å²) in [5, 5.41) is 0. The lowest BCUT2D eigenvalue weighted by Gasteiger charge is -2.17. The van der Waals surface area contributed by atoms with Crippen LogP contribution in [0.1, 0.15) is 25.8 Å². The second-order valence-electron chi connectivity index (χ2n) is 8.98. The van der Waals surface area contributed by atoms with Crippen molar-refractivity contribution in [2.45, 2.75) is 31.6 Å². The van der Waals surface area contributed by atoms with Gasteiger partial charge in [-0.2, -0.15) is 0 Å². The van der Waals surface area contributed by atoms with Crippen molar-refractivity contribution in [3.05, 3.63) is 58.7 Å². The molecule has 3 rings (SSSR count). The summed E-state index contributed by atoms with van der Waals surface area (Å²) in [6, 6.07) is 12.1. The molecule has 9 heteroatoms. The molecule has 0 atom stereocenters. The van der Waals surface area contributed by atoms with Gasteiger partial charge >= 0.3 is 0 Å². The Balaban J connectivity index is 1.47. The van der Waals surface area contributed by atoms with Gasteiger partial charge in [0.25, 0.3) is 0 Å². The lowest BCUT2D eigenvalue weighted by atomic mass is 10.1. The molecule has 0 bridgehead atoms. The van der Waals surface area contributed by atoms with E-state index < -0.39 is 15.6 Å². The van der Waals surface area contributed by atoms with Crippen molar-refractivity contribution in [2.24, 2.45) is 5.92 Å². The smallest absolute Gasteiger partial charge is 0.215 e. The average molecular weight is 518 g/mol. The fraction of sp³-hybridized carbons (Fsp3) is 0.444. The Morgan fingerprint density at radius 3 is 2.33 bits per heavy atom. The van der Waals surface area contributed by atoms with Gasteiger partial charge in [-0.05, 0) is 61.9 Å². The molecule has 196 valence electrons. The van der Waals surface area contributed by atoms with E-state index in [1.165, 1.54) is 17.7 Å². The third kappa shape index (κ3) is 6.59. The van der Waals surface area contributed by atoms with Crippen molar-refractivity contribution in [1.29, 1.82) is 0 Å². The van der Waals surface area contributed by atoms with E-state index in [1.54, 1.807) is 40.2 Å². The number of carbonyl (C=O) groups excluding carboxylic acids is 1. The van der Waals surface area contributed by atoms with E-state index in [9.17, 15) is 13.2 Å². The molecule has 0 aromatic heterocycles. The van der Waals surface area contributed by atoms with Crippen molar-refractivity contribution in [2.75, 3.05) is 47.6 Å². The van der Waals surface area contributed by atoms with Crippen LogP contribution in [0.4, 0.5) is 0 Å². The van der Waals surface area contributed by atoms with Crippen LogP contribution < -0.4 is 14.2 Å². The lowest BCUT2D eigenvalue weighted by molar-refractivity contribution is -0.116. The van der Waals surface area contributed by atoms with Gasteiger partial charge in [-0.15, -0.1) is 0 Å². The second-order valence-corrected chi connectivity index (χ2v) is 10.9. The number of hydrogen-bond donors (Lipinski definition) is 0. The summed E-state index contributed by atoms with van der Waals surface area (Å²) >= 11 is 0. The number of nitrogens with zero attached hydrogens (tertiary/aromatic N) is 1. The molecule has 0 fully saturated rings. The van der Waals surface area contributed by atoms with Crippen LogP contribution in [0.3, 0.4) is 0 Å². The summed E-state index contributed by atoms with van der Waals surface area (Å²) in [6.45, 7) is 5.61. The minimum absolute atomic E-state index is 0.0525. The molecule has 0 saturated heterocycles. The summed E-state index contributed by atoms with van der Waals surface area (Å²) < 4.78 is 47.8. The first-order chi connectivity index (χ1) is 17.2. The highest BCUT2D eigenvalue weighted by atomic mass is 32.2. The van der Waals surface area contributed by atoms with Gasteiger partial charge in [0.05, 0.1) is 25.7 Å². The molecule has 2 aromatic carbocycles. The predicted octanol–water partition coefficient (Wildman–Crippen LogP) is 3.89. The average Bonchev–Trinajstić information content (AvgIpc) is 3.28. The Labute approximate surface area is 213 Å². The molecule has 0 spiro atoms. The molecule has 0 unspecified atom stereocenters. The van der Waals surface area contributed by atoms with Crippen LogP contribution in [0, 0.1) is 5.92 Å². The summed E-state index contributed by atoms with van der Waals surface area (Å²) in [6.07, 6.45) is 1.70. The number of methoxy groups -OCH3 is 2. The van der Waals surface area contributed by atoms with E-state index in [1.807, 2.05) is 18.2 Å². The molecule has 0 radical (unpaired) electrons. The minimum Gasteiger partial charge on any atom is -0.494 e. The molecule has 2 aromatic rings. The van der Waals surface area contributed by atoms with Crippen molar-refractivity contribution >= 4 is 15.6 Å². The first-order valence-corrected chi connectivity index (χ1v) is 13.4. The number of hydrogen-bond acceptors (Lipinski definition) is 8. The normalized spacial score (nSPS) is 13.9. The highest BCUT2D eigenvalue weighted by molar-refractivity contribution is 7.96. The first-order valence-electron chi connectivity index (χ1n) is 11.9. The van der Waals surface area contributed by atoms with Gasteiger partial charge in [-0.1, -0.05) is 19.9 Å². The van der Waals surface area contributed by atoms with Crippen LogP contribution in [-0.2, 0) is 25.8 Å². The van der Waals surface area contributed by atoms with Crippen molar-refractivity contribution < 1.29 is 32.2 Å². The Morgan fingerprint density at radius 1 is 1.00 bits per heavy atom. The maximum Gasteiger partial charge on any atom is 0.215 e. The number of benzene rings is 2. The van der Waals surface area contributed by atoms with E-state index >= 15 is 0 Å². The number of sulfone groups is 1. The van der Waals surface area contributed by atoms with Gasteiger partial charge in [0.2, 0.25) is 15.6 Å². The van der Waals surface area contributed by atoms with Gasteiger partial charge in [0.1, 0.15) is 11.5 Å². The van der Waals surface area contributed by atoms with Crippen LogP contribution >= 0.6 is 0 Å². The van der Waals surface area contributed by atoms with Crippen LogP contribution in [0.5, 0.6) is 17.2 Å². The molecule has 0 aliphatic carbocycles. The predicted molar refractivity (Wildman–Crippen MR) is 137 cm³/mol. The molecule has 1 aliphatic heterocycles. The SMILES string of the molecule is COc1ccc(CCN(C)CCCOc2ccc(S(=O)(=O)C3=C(C(C)C)OCC3=O)cc2)cc1OC. The topological polar surface area (TPSA) is 91.4 Å². The summed E-state index contributed by atoms with van der Waals surface area (Å²) in [4.78, 5) is 14.2. The molecule has 1 aliphatic rings. The standard InChI is InChI=1S/C27H35NO7S/c1-19(2)26-27(23(29)18-35-26)36(30,31)22-10-8-21(9-11-22)34-16-6-14-28(3)15-13-20-7-12-24(32-4)25(17-20)33-5/h7-12,17,19H,6,13-16,18H2,1-5H3. The largest absolute Gasteiger partial charge is 0.494 e. The maximum atomic E-state index is 13.0. The van der Waals surface area contributed by atoms with Crippen molar-refractivity contribution in [1.82, 2.24) is 4.90 Å². The number of rotatable bonds is 13. The van der Waals surface area contributed by atoms with Gasteiger partial charge in [0.15, 0.2) is 23.0 Å². The molecule has 1 heterocycles. The lowest BCUT2D eigenvalue weighted by Crippen LogP contribution is -2.23. The zero-order valence-electron chi connectivity index (χ0n) is 21.6. The highest BCUT2D eigenvalue weighted by Crippen LogP contribution is 2.32. The number of ketones is 1. The van der Waals surface area contributed by atoms with E-state index in [0.29, 0.717) is 12.4 Å². The Bertz CT molecular complexity index is 1190. The van der Waals surface area contributed by atoms with Crippen LogP contribution in [0.25, 0.3) is 0 Å². The molecule has 8 nitrogen and oxygen atoms in total. The van der Waals surface area contributed by atoms with Gasteiger partial charge in [0, 0.05) is 19.0 Å². The highest BCUT2D eigenvalue weighted by Gasteiger charge is 2.37. The Kier molecular flexibility index (Phi) is 9.39. The zero-order valence-corrected chi connectivity index (χ0v) is 22.4. The summed E-state index contributed by atoms with van der Waals surface area (Å²) in [7, 11) is 1.37. The van der Waals surface area contributed by atoms with E-state index in [2.05, 4.69) is 11.9 Å². The third-order valence-electron chi connectivity index (χ3n) is 5.95. The van der Waals surface area contributed by atoms with Gasteiger partial charge in [-0.3, -0.25) is 4.79 Å². The number of carbonyl (C=O) groups is 1.